The van der Waals surface area contributed by atoms with Crippen LogP contribution in [0.15, 0.2) is 86.0 Å². The minimum absolute atomic E-state index is 0.0200. The van der Waals surface area contributed by atoms with Crippen molar-refractivity contribution >= 4 is 17.8 Å². The highest BCUT2D eigenvalue weighted by Crippen LogP contribution is 2.29. The average molecular weight is 547 g/mol. The van der Waals surface area contributed by atoms with Crippen molar-refractivity contribution in [2.75, 3.05) is 13.2 Å². The Morgan fingerprint density at radius 2 is 1.52 bits per heavy atom. The van der Waals surface area contributed by atoms with Gasteiger partial charge in [0.15, 0.2) is 0 Å². The van der Waals surface area contributed by atoms with Crippen LogP contribution in [-0.2, 0) is 25.5 Å². The van der Waals surface area contributed by atoms with E-state index in [4.69, 9.17) is 4.74 Å². The summed E-state index contributed by atoms with van der Waals surface area (Å²) >= 11 is 0. The molecule has 2 aromatic carbocycles. The molecule has 1 saturated carbocycles. The summed E-state index contributed by atoms with van der Waals surface area (Å²) in [5, 5.41) is 15.7. The molecule has 1 fully saturated rings. The number of esters is 1. The van der Waals surface area contributed by atoms with Crippen LogP contribution in [0.3, 0.4) is 0 Å². The molecule has 2 amide bonds. The molecule has 0 bridgehead atoms. The molecule has 0 heterocycles. The number of rotatable bonds is 16. The van der Waals surface area contributed by atoms with E-state index >= 15 is 0 Å². The Hall–Kier alpha value is -3.71. The number of hydrogen-bond acceptors (Lipinski definition) is 5. The highest BCUT2D eigenvalue weighted by atomic mass is 16.5. The molecule has 0 saturated heterocycles. The van der Waals surface area contributed by atoms with Crippen LogP contribution in [-0.4, -0.2) is 41.6 Å². The molecule has 3 atom stereocenters. The van der Waals surface area contributed by atoms with E-state index in [1.807, 2.05) is 60.7 Å². The number of carbonyl (C=O) groups excluding carboxylic acids is 3. The lowest BCUT2D eigenvalue weighted by molar-refractivity contribution is -0.154. The van der Waals surface area contributed by atoms with Gasteiger partial charge in [-0.1, -0.05) is 85.7 Å². The number of nitrogens with one attached hydrogen (secondary N) is 2. The zero-order valence-electron chi connectivity index (χ0n) is 23.2. The summed E-state index contributed by atoms with van der Waals surface area (Å²) in [5.41, 5.74) is 1.19. The van der Waals surface area contributed by atoms with Crippen LogP contribution >= 0.6 is 0 Å². The number of carbonyl (C=O) groups is 3. The van der Waals surface area contributed by atoms with Gasteiger partial charge in [0.25, 0.3) is 0 Å². The first-order valence-corrected chi connectivity index (χ1v) is 14.1. The minimum atomic E-state index is -0.699. The second-order valence-electron chi connectivity index (χ2n) is 10.6. The highest BCUT2D eigenvalue weighted by Gasteiger charge is 2.35. The van der Waals surface area contributed by atoms with E-state index in [2.05, 4.69) is 23.8 Å². The number of aliphatic hydroxyl groups excluding tert-OH is 1. The lowest BCUT2D eigenvalue weighted by atomic mass is 9.95. The van der Waals surface area contributed by atoms with Crippen molar-refractivity contribution in [3.05, 3.63) is 97.1 Å². The smallest absolute Gasteiger partial charge is 0.310 e. The molecule has 40 heavy (non-hydrogen) atoms. The third-order valence-corrected chi connectivity index (χ3v) is 7.52. The van der Waals surface area contributed by atoms with Gasteiger partial charge < -0.3 is 20.5 Å². The molecule has 214 valence electrons. The Kier molecular flexibility index (Phi) is 12.2. The van der Waals surface area contributed by atoms with Crippen molar-refractivity contribution < 1.29 is 24.2 Å². The third-order valence-electron chi connectivity index (χ3n) is 7.52. The molecule has 2 aromatic rings. The Morgan fingerprint density at radius 3 is 2.12 bits per heavy atom. The van der Waals surface area contributed by atoms with Crippen molar-refractivity contribution in [1.82, 2.24) is 10.6 Å². The fraction of sp³-hybridized carbons (Fsp3) is 0.424. The third kappa shape index (κ3) is 9.19. The maximum Gasteiger partial charge on any atom is 0.310 e. The summed E-state index contributed by atoms with van der Waals surface area (Å²) in [7, 11) is 0. The normalized spacial score (nSPS) is 16.2. The van der Waals surface area contributed by atoms with Crippen LogP contribution in [0.2, 0.25) is 0 Å². The molecule has 3 rings (SSSR count). The quantitative estimate of drug-likeness (QED) is 0.207. The first kappa shape index (κ1) is 30.8. The van der Waals surface area contributed by atoms with Gasteiger partial charge in [-0.15, -0.1) is 13.2 Å². The van der Waals surface area contributed by atoms with Gasteiger partial charge in [0.05, 0.1) is 30.5 Å². The Balaban J connectivity index is 1.66. The van der Waals surface area contributed by atoms with Crippen LogP contribution in [0.4, 0.5) is 0 Å². The van der Waals surface area contributed by atoms with Crippen molar-refractivity contribution in [3.8, 4) is 0 Å². The number of amides is 2. The van der Waals surface area contributed by atoms with Crippen molar-refractivity contribution in [2.24, 2.45) is 11.8 Å². The molecule has 7 heteroatoms. The number of aliphatic hydroxyl groups is 1. The summed E-state index contributed by atoms with van der Waals surface area (Å²) in [6.07, 6.45) is 7.29. The highest BCUT2D eigenvalue weighted by molar-refractivity contribution is 5.86. The Morgan fingerprint density at radius 1 is 0.925 bits per heavy atom. The van der Waals surface area contributed by atoms with E-state index in [0.717, 1.165) is 36.8 Å². The van der Waals surface area contributed by atoms with E-state index in [9.17, 15) is 19.5 Å². The fourth-order valence-corrected chi connectivity index (χ4v) is 5.26. The summed E-state index contributed by atoms with van der Waals surface area (Å²) < 4.78 is 5.98. The molecule has 0 aromatic heterocycles. The average Bonchev–Trinajstić information content (AvgIpc) is 3.44. The first-order valence-electron chi connectivity index (χ1n) is 14.1. The Labute approximate surface area is 237 Å². The lowest BCUT2D eigenvalue weighted by Gasteiger charge is -2.29. The van der Waals surface area contributed by atoms with E-state index in [0.29, 0.717) is 19.3 Å². The Bertz CT molecular complexity index is 1110. The zero-order valence-corrected chi connectivity index (χ0v) is 23.2. The second-order valence-corrected chi connectivity index (χ2v) is 10.6. The van der Waals surface area contributed by atoms with E-state index in [1.54, 1.807) is 12.2 Å². The van der Waals surface area contributed by atoms with E-state index < -0.39 is 23.5 Å². The summed E-state index contributed by atoms with van der Waals surface area (Å²) in [6, 6.07) is 19.0. The molecule has 0 radical (unpaired) electrons. The molecule has 3 N–H and O–H groups in total. The van der Waals surface area contributed by atoms with Gasteiger partial charge in [-0.2, -0.15) is 0 Å². The van der Waals surface area contributed by atoms with Crippen molar-refractivity contribution in [3.63, 3.8) is 0 Å². The molecule has 7 nitrogen and oxygen atoms in total. The van der Waals surface area contributed by atoms with Crippen molar-refractivity contribution in [2.45, 2.75) is 63.0 Å². The number of hydrogen-bond donors (Lipinski definition) is 3. The molecule has 1 aliphatic carbocycles. The van der Waals surface area contributed by atoms with Crippen LogP contribution in [0.25, 0.3) is 0 Å². The predicted octanol–water partition coefficient (Wildman–Crippen LogP) is 4.83. The van der Waals surface area contributed by atoms with Gasteiger partial charge in [-0.25, -0.2) is 0 Å². The van der Waals surface area contributed by atoms with Gasteiger partial charge in [-0.05, 0) is 43.2 Å². The predicted molar refractivity (Wildman–Crippen MR) is 156 cm³/mol. The van der Waals surface area contributed by atoms with Gasteiger partial charge in [0.1, 0.15) is 6.10 Å². The molecular weight excluding hydrogens is 504 g/mol. The molecule has 0 aliphatic heterocycles. The first-order chi connectivity index (χ1) is 19.4. The maximum atomic E-state index is 13.3. The second kappa shape index (κ2) is 15.8. The van der Waals surface area contributed by atoms with Crippen LogP contribution in [0, 0.1) is 11.8 Å². The standard InChI is InChI=1S/C33H42N2O5/c1-3-13-27(22-30(37)35-33(24-36)19-11-12-20-33)31(38)34-23-29(26-17-9-6-10-18-26)40-32(39)28(14-4-2)21-25-15-7-5-8-16-25/h3-10,15-18,27-29,36H,1-2,11-14,19-24H2,(H,34,38)(H,35,37)/t27-,28+,29+/m0/s1. The van der Waals surface area contributed by atoms with Crippen LogP contribution < -0.4 is 10.6 Å². The number of ether oxygens (including phenoxy) is 1. The fourth-order valence-electron chi connectivity index (χ4n) is 5.26. The number of benzene rings is 2. The van der Waals surface area contributed by atoms with Crippen molar-refractivity contribution in [1.29, 1.82) is 0 Å². The molecule has 0 unspecified atom stereocenters. The van der Waals surface area contributed by atoms with Gasteiger partial charge >= 0.3 is 5.97 Å². The molecule has 1 aliphatic rings. The minimum Gasteiger partial charge on any atom is -0.455 e. The maximum absolute atomic E-state index is 13.3. The summed E-state index contributed by atoms with van der Waals surface area (Å²) in [6.45, 7) is 7.51. The zero-order chi connectivity index (χ0) is 28.8. The summed E-state index contributed by atoms with van der Waals surface area (Å²) in [5.74, 6) is -1.98. The SMILES string of the molecule is C=CC[C@@H](CC(=O)NC1(CO)CCCC1)C(=O)NC[C@@H](OC(=O)[C@H](CC=C)Cc1ccccc1)c1ccccc1. The molecular formula is C33H42N2O5. The van der Waals surface area contributed by atoms with Gasteiger partial charge in [-0.3, -0.25) is 14.4 Å². The topological polar surface area (TPSA) is 105 Å². The van der Waals surface area contributed by atoms with E-state index in [-0.39, 0.29) is 37.4 Å². The van der Waals surface area contributed by atoms with Crippen LogP contribution in [0.1, 0.15) is 62.2 Å². The summed E-state index contributed by atoms with van der Waals surface area (Å²) in [4.78, 5) is 39.3. The largest absolute Gasteiger partial charge is 0.455 e. The molecule has 0 spiro atoms. The monoisotopic (exact) mass is 546 g/mol. The number of allylic oxidation sites excluding steroid dienone is 2. The lowest BCUT2D eigenvalue weighted by Crippen LogP contribution is -2.50. The van der Waals surface area contributed by atoms with Gasteiger partial charge in [0, 0.05) is 6.42 Å². The van der Waals surface area contributed by atoms with Crippen LogP contribution in [0.5, 0.6) is 0 Å². The van der Waals surface area contributed by atoms with Gasteiger partial charge in [0.2, 0.25) is 11.8 Å². The van der Waals surface area contributed by atoms with E-state index in [1.165, 1.54) is 0 Å².